The molecule has 0 aromatic heterocycles. The van der Waals surface area contributed by atoms with Crippen LogP contribution in [0.1, 0.15) is 52.8 Å². The number of benzene rings is 5. The van der Waals surface area contributed by atoms with E-state index in [0.29, 0.717) is 18.7 Å². The van der Waals surface area contributed by atoms with Crippen molar-refractivity contribution in [2.45, 2.75) is 38.3 Å². The fourth-order valence-corrected chi connectivity index (χ4v) is 7.53. The topological polar surface area (TPSA) is 39.6 Å². The maximum Gasteiger partial charge on any atom is 0.143 e. The van der Waals surface area contributed by atoms with Gasteiger partial charge >= 0.3 is 0 Å². The summed E-state index contributed by atoms with van der Waals surface area (Å²) in [6.45, 7) is 8.21. The zero-order chi connectivity index (χ0) is 28.8. The summed E-state index contributed by atoms with van der Waals surface area (Å²) in [4.78, 5) is 2.48. The summed E-state index contributed by atoms with van der Waals surface area (Å²) in [5.41, 5.74) is 15.1. The van der Waals surface area contributed by atoms with E-state index in [0.717, 1.165) is 10.0 Å². The monoisotopic (exact) mass is 608 g/mol. The summed E-state index contributed by atoms with van der Waals surface area (Å²) in [6, 6.07) is 37.2. The van der Waals surface area contributed by atoms with E-state index in [1.807, 2.05) is 12.1 Å². The molecule has 8 rings (SSSR count). The highest BCUT2D eigenvalue weighted by Crippen LogP contribution is 2.59. The molecule has 4 heteroatoms. The minimum Gasteiger partial charge on any atom is -0.359 e. The van der Waals surface area contributed by atoms with Gasteiger partial charge in [-0.1, -0.05) is 78.3 Å². The van der Waals surface area contributed by atoms with Crippen molar-refractivity contribution in [3.05, 3.63) is 140 Å². The molecule has 3 nitrogen and oxygen atoms in total. The SMILES string of the molecule is Cc1cc2c(cc1Br)C1(CO1)c1cc(-c3ccc(C#N)cc3)c(CN3c4ccccc4C(C)(C)c4ccccc43)cc1-2. The lowest BCUT2D eigenvalue weighted by molar-refractivity contribution is 0.354. The summed E-state index contributed by atoms with van der Waals surface area (Å²) in [5.74, 6) is 0. The highest BCUT2D eigenvalue weighted by Gasteiger charge is 2.55. The van der Waals surface area contributed by atoms with Crippen molar-refractivity contribution < 1.29 is 4.74 Å². The molecule has 1 spiro atoms. The Kier molecular flexibility index (Phi) is 5.42. The van der Waals surface area contributed by atoms with Crippen LogP contribution in [-0.2, 0) is 22.3 Å². The maximum absolute atomic E-state index is 9.47. The van der Waals surface area contributed by atoms with Gasteiger partial charge in [0.2, 0.25) is 0 Å². The van der Waals surface area contributed by atoms with E-state index in [-0.39, 0.29) is 11.0 Å². The van der Waals surface area contributed by atoms with Gasteiger partial charge in [0.05, 0.1) is 18.2 Å². The minimum atomic E-state index is -0.380. The Hall–Kier alpha value is -4.17. The molecule has 42 heavy (non-hydrogen) atoms. The van der Waals surface area contributed by atoms with Crippen LogP contribution in [0.25, 0.3) is 22.3 Å². The summed E-state index contributed by atoms with van der Waals surface area (Å²) in [7, 11) is 0. The first-order chi connectivity index (χ1) is 20.3. The second-order valence-electron chi connectivity index (χ2n) is 12.3. The first-order valence-electron chi connectivity index (χ1n) is 14.4. The van der Waals surface area contributed by atoms with Crippen LogP contribution >= 0.6 is 15.9 Å². The van der Waals surface area contributed by atoms with E-state index in [9.17, 15) is 5.26 Å². The Morgan fingerprint density at radius 2 is 1.38 bits per heavy atom. The molecular formula is C38H29BrN2O. The minimum absolute atomic E-state index is 0.100. The number of nitrogens with zero attached hydrogens (tertiary/aromatic N) is 2. The third kappa shape index (κ3) is 3.54. The van der Waals surface area contributed by atoms with Crippen molar-refractivity contribution in [3.63, 3.8) is 0 Å². The number of anilines is 2. The Morgan fingerprint density at radius 1 is 0.786 bits per heavy atom. The molecule has 5 aromatic rings. The van der Waals surface area contributed by atoms with Crippen molar-refractivity contribution in [2.75, 3.05) is 11.5 Å². The van der Waals surface area contributed by atoms with Gasteiger partial charge in [-0.05, 0) is 111 Å². The number of hydrogen-bond donors (Lipinski definition) is 0. The number of epoxide rings is 1. The van der Waals surface area contributed by atoms with E-state index in [2.05, 4.69) is 133 Å². The summed E-state index contributed by atoms with van der Waals surface area (Å²) in [5, 5.41) is 9.47. The van der Waals surface area contributed by atoms with Gasteiger partial charge in [0, 0.05) is 27.8 Å². The number of nitriles is 1. The van der Waals surface area contributed by atoms with E-state index >= 15 is 0 Å². The van der Waals surface area contributed by atoms with Crippen molar-refractivity contribution in [3.8, 4) is 28.3 Å². The molecule has 0 radical (unpaired) electrons. The second-order valence-corrected chi connectivity index (χ2v) is 13.1. The zero-order valence-corrected chi connectivity index (χ0v) is 25.4. The first-order valence-corrected chi connectivity index (χ1v) is 15.2. The molecule has 5 aromatic carbocycles. The third-order valence-electron chi connectivity index (χ3n) is 9.53. The van der Waals surface area contributed by atoms with Crippen LogP contribution < -0.4 is 4.90 Å². The molecule has 0 saturated carbocycles. The lowest BCUT2D eigenvalue weighted by Crippen LogP contribution is -2.32. The van der Waals surface area contributed by atoms with Crippen molar-refractivity contribution >= 4 is 27.3 Å². The van der Waals surface area contributed by atoms with Crippen molar-refractivity contribution in [1.82, 2.24) is 0 Å². The van der Waals surface area contributed by atoms with Crippen LogP contribution in [0.4, 0.5) is 11.4 Å². The van der Waals surface area contributed by atoms with Gasteiger partial charge < -0.3 is 9.64 Å². The third-order valence-corrected chi connectivity index (χ3v) is 10.4. The number of hydrogen-bond acceptors (Lipinski definition) is 3. The lowest BCUT2D eigenvalue weighted by Gasteiger charge is -2.42. The Bertz CT molecular complexity index is 1930. The first kappa shape index (κ1) is 25.5. The van der Waals surface area contributed by atoms with Gasteiger partial charge in [0.1, 0.15) is 5.60 Å². The number of rotatable bonds is 3. The van der Waals surface area contributed by atoms with Crippen LogP contribution in [-0.4, -0.2) is 6.61 Å². The van der Waals surface area contributed by atoms with Crippen LogP contribution in [0.3, 0.4) is 0 Å². The molecule has 1 unspecified atom stereocenters. The van der Waals surface area contributed by atoms with Gasteiger partial charge in [-0.3, -0.25) is 0 Å². The number of aryl methyl sites for hydroxylation is 1. The highest BCUT2D eigenvalue weighted by atomic mass is 79.9. The molecule has 1 saturated heterocycles. The Morgan fingerprint density at radius 3 is 2.00 bits per heavy atom. The van der Waals surface area contributed by atoms with E-state index in [1.165, 1.54) is 61.4 Å². The molecule has 1 fully saturated rings. The summed E-state index contributed by atoms with van der Waals surface area (Å²) < 4.78 is 7.38. The van der Waals surface area contributed by atoms with E-state index in [1.54, 1.807) is 0 Å². The fourth-order valence-electron chi connectivity index (χ4n) is 7.18. The Balaban J connectivity index is 1.36. The largest absolute Gasteiger partial charge is 0.359 e. The van der Waals surface area contributed by atoms with Crippen LogP contribution in [0, 0.1) is 18.3 Å². The predicted octanol–water partition coefficient (Wildman–Crippen LogP) is 9.53. The van der Waals surface area contributed by atoms with E-state index in [4.69, 9.17) is 4.74 Å². The second kappa shape index (κ2) is 8.91. The molecule has 1 atom stereocenters. The van der Waals surface area contributed by atoms with Gasteiger partial charge in [-0.15, -0.1) is 0 Å². The standard InChI is InChI=1S/C38H29BrN2O/c1-23-16-28-29-17-26(21-41-35-10-6-4-8-30(35)37(2,3)31-9-5-7-11-36(31)41)27(25-14-12-24(20-40)13-15-25)18-32(29)38(22-42-38)33(28)19-34(23)39/h4-19H,21-22H2,1-3H3. The normalized spacial score (nSPS) is 18.6. The molecule has 0 N–H and O–H groups in total. The predicted molar refractivity (Wildman–Crippen MR) is 172 cm³/mol. The number of halogens is 1. The van der Waals surface area contributed by atoms with Gasteiger partial charge in [0.15, 0.2) is 0 Å². The molecule has 2 heterocycles. The molecule has 204 valence electrons. The molecule has 0 bridgehead atoms. The van der Waals surface area contributed by atoms with Crippen LogP contribution in [0.15, 0.2) is 102 Å². The number of ether oxygens (including phenoxy) is 1. The number of para-hydroxylation sites is 2. The van der Waals surface area contributed by atoms with Crippen LogP contribution in [0.5, 0.6) is 0 Å². The zero-order valence-electron chi connectivity index (χ0n) is 23.8. The average Bonchev–Trinajstić information content (AvgIpc) is 3.78. The quantitative estimate of drug-likeness (QED) is 0.191. The highest BCUT2D eigenvalue weighted by molar-refractivity contribution is 9.10. The summed E-state index contributed by atoms with van der Waals surface area (Å²) >= 11 is 3.77. The van der Waals surface area contributed by atoms with Crippen molar-refractivity contribution in [1.29, 1.82) is 5.26 Å². The molecule has 3 aliphatic rings. The molecule has 0 amide bonds. The maximum atomic E-state index is 9.47. The lowest BCUT2D eigenvalue weighted by atomic mass is 9.73. The van der Waals surface area contributed by atoms with E-state index < -0.39 is 0 Å². The van der Waals surface area contributed by atoms with Gasteiger partial charge in [-0.25, -0.2) is 0 Å². The summed E-state index contributed by atoms with van der Waals surface area (Å²) in [6.07, 6.45) is 0. The molecular weight excluding hydrogens is 580 g/mol. The van der Waals surface area contributed by atoms with Crippen molar-refractivity contribution in [2.24, 2.45) is 0 Å². The van der Waals surface area contributed by atoms with Crippen LogP contribution in [0.2, 0.25) is 0 Å². The van der Waals surface area contributed by atoms with Gasteiger partial charge in [0.25, 0.3) is 0 Å². The number of fused-ring (bicyclic) bond motifs is 7. The smallest absolute Gasteiger partial charge is 0.143 e. The van der Waals surface area contributed by atoms with Gasteiger partial charge in [-0.2, -0.15) is 5.26 Å². The Labute approximate surface area is 255 Å². The molecule has 2 aliphatic heterocycles. The average molecular weight is 610 g/mol. The fraction of sp³-hybridized carbons (Fsp3) is 0.184. The molecule has 1 aliphatic carbocycles.